The van der Waals surface area contributed by atoms with Gasteiger partial charge >= 0.3 is 6.18 Å². The van der Waals surface area contributed by atoms with Crippen LogP contribution in [0.5, 0.6) is 0 Å². The second kappa shape index (κ2) is 9.14. The van der Waals surface area contributed by atoms with Crippen molar-refractivity contribution in [3.05, 3.63) is 57.8 Å². The van der Waals surface area contributed by atoms with Gasteiger partial charge in [0.15, 0.2) is 0 Å². The molecule has 2 aromatic rings. The van der Waals surface area contributed by atoms with Gasteiger partial charge in [0.25, 0.3) is 5.91 Å². The smallest absolute Gasteiger partial charge is 0.345 e. The van der Waals surface area contributed by atoms with E-state index in [0.29, 0.717) is 24.4 Å². The van der Waals surface area contributed by atoms with Crippen LogP contribution in [0, 0.1) is 17.8 Å². The molecule has 1 N–H and O–H groups in total. The van der Waals surface area contributed by atoms with Crippen molar-refractivity contribution >= 4 is 23.2 Å². The molecule has 0 radical (unpaired) electrons. The van der Waals surface area contributed by atoms with E-state index < -0.39 is 11.7 Å². The number of alkyl halides is 3. The number of likely N-dealkylation sites (tertiary alicyclic amines) is 1. The monoisotopic (exact) mass is 420 g/mol. The molecule has 0 aliphatic carbocycles. The normalized spacial score (nSPS) is 16.7. The minimum absolute atomic E-state index is 0.0322. The topological polar surface area (TPSA) is 49.4 Å². The highest BCUT2D eigenvalue weighted by Crippen LogP contribution is 2.29. The Morgan fingerprint density at radius 1 is 1.24 bits per heavy atom. The van der Waals surface area contributed by atoms with Gasteiger partial charge in [0.05, 0.1) is 22.9 Å². The number of hydrogen-bond acceptors (Lipinski definition) is 3. The molecule has 29 heavy (non-hydrogen) atoms. The Hall–Kier alpha value is -2.79. The van der Waals surface area contributed by atoms with Crippen molar-refractivity contribution in [3.8, 4) is 11.8 Å². The lowest BCUT2D eigenvalue weighted by Crippen LogP contribution is -2.45. The second-order valence-electron chi connectivity index (χ2n) is 6.67. The van der Waals surface area contributed by atoms with Gasteiger partial charge in [-0.25, -0.2) is 0 Å². The predicted molar refractivity (Wildman–Crippen MR) is 104 cm³/mol. The van der Waals surface area contributed by atoms with E-state index in [1.165, 1.54) is 23.5 Å². The van der Waals surface area contributed by atoms with Crippen LogP contribution in [0.3, 0.4) is 0 Å². The van der Waals surface area contributed by atoms with E-state index in [2.05, 4.69) is 17.2 Å². The molecule has 1 aromatic heterocycles. The van der Waals surface area contributed by atoms with Crippen LogP contribution < -0.4 is 5.32 Å². The van der Waals surface area contributed by atoms with Gasteiger partial charge in [0.2, 0.25) is 5.91 Å². The predicted octanol–water partition coefficient (Wildman–Crippen LogP) is 3.79. The maximum Gasteiger partial charge on any atom is 0.416 e. The molecule has 3 rings (SSSR count). The number of rotatable bonds is 3. The van der Waals surface area contributed by atoms with E-state index in [9.17, 15) is 22.8 Å². The van der Waals surface area contributed by atoms with E-state index in [1.54, 1.807) is 11.0 Å². The van der Waals surface area contributed by atoms with E-state index in [-0.39, 0.29) is 29.8 Å². The molecule has 0 saturated carbocycles. The van der Waals surface area contributed by atoms with Gasteiger partial charge < -0.3 is 10.2 Å². The summed E-state index contributed by atoms with van der Waals surface area (Å²) in [5.74, 6) is 4.73. The van der Waals surface area contributed by atoms with Crippen molar-refractivity contribution in [2.45, 2.75) is 19.0 Å². The molecule has 1 aliphatic heterocycles. The molecule has 1 aliphatic rings. The maximum absolute atomic E-state index is 12.7. The molecule has 152 valence electrons. The Labute approximate surface area is 170 Å². The fourth-order valence-electron chi connectivity index (χ4n) is 3.13. The first kappa shape index (κ1) is 20.9. The van der Waals surface area contributed by atoms with Crippen LogP contribution in [0.4, 0.5) is 13.2 Å². The zero-order chi connectivity index (χ0) is 20.9. The quantitative estimate of drug-likeness (QED) is 0.769. The fraction of sp³-hybridized carbons (Fsp3) is 0.333. The largest absolute Gasteiger partial charge is 0.416 e. The van der Waals surface area contributed by atoms with Gasteiger partial charge in [-0.2, -0.15) is 13.2 Å². The molecule has 0 unspecified atom stereocenters. The lowest BCUT2D eigenvalue weighted by atomic mass is 9.97. The number of piperidine rings is 1. The molecule has 8 heteroatoms. The van der Waals surface area contributed by atoms with Gasteiger partial charge in [-0.3, -0.25) is 9.59 Å². The average Bonchev–Trinajstić information content (AvgIpc) is 3.25. The SMILES string of the molecule is O=C(NCC#Cc1cccc(C(F)(F)F)c1)[C@H]1CCCN(C(=O)c2cccs2)C1. The Morgan fingerprint density at radius 2 is 2.07 bits per heavy atom. The number of carbonyl (C=O) groups excluding carboxylic acids is 2. The first-order chi connectivity index (χ1) is 13.8. The summed E-state index contributed by atoms with van der Waals surface area (Å²) in [6.07, 6.45) is -2.99. The van der Waals surface area contributed by atoms with Crippen molar-refractivity contribution < 1.29 is 22.8 Å². The lowest BCUT2D eigenvalue weighted by Gasteiger charge is -2.31. The third-order valence-electron chi connectivity index (χ3n) is 4.58. The van der Waals surface area contributed by atoms with Crippen molar-refractivity contribution in [2.24, 2.45) is 5.92 Å². The van der Waals surface area contributed by atoms with E-state index >= 15 is 0 Å². The Balaban J connectivity index is 1.52. The number of hydrogen-bond donors (Lipinski definition) is 1. The van der Waals surface area contributed by atoms with Crippen LogP contribution in [-0.4, -0.2) is 36.3 Å². The molecule has 1 aromatic carbocycles. The van der Waals surface area contributed by atoms with Gasteiger partial charge in [-0.15, -0.1) is 11.3 Å². The summed E-state index contributed by atoms with van der Waals surface area (Å²) in [4.78, 5) is 27.2. The van der Waals surface area contributed by atoms with Gasteiger partial charge in [0, 0.05) is 18.7 Å². The molecule has 2 heterocycles. The third kappa shape index (κ3) is 5.61. The number of nitrogens with one attached hydrogen (secondary N) is 1. The number of thiophene rings is 1. The minimum Gasteiger partial charge on any atom is -0.345 e. The summed E-state index contributed by atoms with van der Waals surface area (Å²) in [6.45, 7) is 1.00. The first-order valence-electron chi connectivity index (χ1n) is 9.11. The summed E-state index contributed by atoms with van der Waals surface area (Å²) < 4.78 is 38.1. The Bertz CT molecular complexity index is 929. The molecule has 0 bridgehead atoms. The molecular weight excluding hydrogens is 401 g/mol. The minimum atomic E-state index is -4.42. The maximum atomic E-state index is 12.7. The van der Waals surface area contributed by atoms with Crippen molar-refractivity contribution in [3.63, 3.8) is 0 Å². The molecule has 1 saturated heterocycles. The van der Waals surface area contributed by atoms with Crippen LogP contribution in [0.2, 0.25) is 0 Å². The van der Waals surface area contributed by atoms with Crippen LogP contribution >= 0.6 is 11.3 Å². The molecule has 1 atom stereocenters. The number of carbonyl (C=O) groups is 2. The summed E-state index contributed by atoms with van der Waals surface area (Å²) >= 11 is 1.37. The zero-order valence-corrected chi connectivity index (χ0v) is 16.3. The number of amides is 2. The zero-order valence-electron chi connectivity index (χ0n) is 15.5. The van der Waals surface area contributed by atoms with Crippen molar-refractivity contribution in [2.75, 3.05) is 19.6 Å². The molecule has 2 amide bonds. The van der Waals surface area contributed by atoms with Crippen LogP contribution in [0.25, 0.3) is 0 Å². The summed E-state index contributed by atoms with van der Waals surface area (Å²) in [5, 5.41) is 4.53. The highest BCUT2D eigenvalue weighted by Gasteiger charge is 2.30. The van der Waals surface area contributed by atoms with Crippen LogP contribution in [0.1, 0.15) is 33.6 Å². The lowest BCUT2D eigenvalue weighted by molar-refractivity contribution is -0.137. The summed E-state index contributed by atoms with van der Waals surface area (Å²) in [7, 11) is 0. The summed E-state index contributed by atoms with van der Waals surface area (Å²) in [5.41, 5.74) is -0.523. The fourth-order valence-corrected chi connectivity index (χ4v) is 3.82. The van der Waals surface area contributed by atoms with E-state index in [4.69, 9.17) is 0 Å². The Kier molecular flexibility index (Phi) is 6.60. The van der Waals surface area contributed by atoms with Crippen LogP contribution in [0.15, 0.2) is 41.8 Å². The number of benzene rings is 1. The van der Waals surface area contributed by atoms with Gasteiger partial charge in [0.1, 0.15) is 0 Å². The van der Waals surface area contributed by atoms with E-state index in [0.717, 1.165) is 18.6 Å². The molecular formula is C21H19F3N2O2S. The third-order valence-corrected chi connectivity index (χ3v) is 5.44. The molecule has 4 nitrogen and oxygen atoms in total. The van der Waals surface area contributed by atoms with Crippen molar-refractivity contribution in [1.29, 1.82) is 0 Å². The van der Waals surface area contributed by atoms with Gasteiger partial charge in [-0.1, -0.05) is 24.0 Å². The van der Waals surface area contributed by atoms with E-state index in [1.807, 2.05) is 11.4 Å². The Morgan fingerprint density at radius 3 is 2.79 bits per heavy atom. The second-order valence-corrected chi connectivity index (χ2v) is 7.61. The highest BCUT2D eigenvalue weighted by molar-refractivity contribution is 7.12. The number of nitrogens with zero attached hydrogens (tertiary/aromatic N) is 1. The van der Waals surface area contributed by atoms with Gasteiger partial charge in [-0.05, 0) is 42.5 Å². The standard InChI is InChI=1S/C21H19F3N2O2S/c22-21(23,24)17-8-1-5-15(13-17)6-2-10-25-19(27)16-7-3-11-26(14-16)20(28)18-9-4-12-29-18/h1,4-5,8-9,12-13,16H,3,7,10-11,14H2,(H,25,27)/t16-/m0/s1. The average molecular weight is 420 g/mol. The van der Waals surface area contributed by atoms with Crippen molar-refractivity contribution in [1.82, 2.24) is 10.2 Å². The molecule has 0 spiro atoms. The van der Waals surface area contributed by atoms with Crippen LogP contribution in [-0.2, 0) is 11.0 Å². The molecule has 1 fully saturated rings. The summed E-state index contributed by atoms with van der Waals surface area (Å²) in [6, 6.07) is 8.32. The highest BCUT2D eigenvalue weighted by atomic mass is 32.1. The number of halogens is 3. The first-order valence-corrected chi connectivity index (χ1v) is 9.99.